The van der Waals surface area contributed by atoms with Gasteiger partial charge in [0.2, 0.25) is 5.95 Å². The molecule has 3 aromatic rings. The number of ketones is 1. The van der Waals surface area contributed by atoms with Crippen molar-refractivity contribution in [2.24, 2.45) is 0 Å². The lowest BCUT2D eigenvalue weighted by Gasteiger charge is -2.30. The van der Waals surface area contributed by atoms with Gasteiger partial charge < -0.3 is 14.8 Å². The molecule has 0 aliphatic carbocycles. The molecule has 0 spiro atoms. The zero-order chi connectivity index (χ0) is 20.5. The molecule has 1 N–H and O–H groups in total. The summed E-state index contributed by atoms with van der Waals surface area (Å²) in [6.07, 6.45) is 0.917. The second kappa shape index (κ2) is 7.62. The number of anilines is 1. The third-order valence-electron chi connectivity index (χ3n) is 5.18. The number of imidazole rings is 1. The van der Waals surface area contributed by atoms with Crippen molar-refractivity contribution in [2.75, 3.05) is 19.0 Å². The van der Waals surface area contributed by atoms with Crippen molar-refractivity contribution in [3.8, 4) is 11.5 Å². The molecule has 1 aliphatic rings. The summed E-state index contributed by atoms with van der Waals surface area (Å²) in [5.41, 5.74) is 4.32. The maximum atomic E-state index is 12.6. The van der Waals surface area contributed by atoms with Crippen molar-refractivity contribution < 1.29 is 14.3 Å². The number of allylic oxidation sites excluding steroid dienone is 2. The molecule has 1 aliphatic heterocycles. The second-order valence-electron chi connectivity index (χ2n) is 7.18. The number of benzene rings is 2. The monoisotopic (exact) mass is 391 g/mol. The van der Waals surface area contributed by atoms with Gasteiger partial charge in [-0.3, -0.25) is 9.36 Å². The van der Waals surface area contributed by atoms with E-state index in [1.807, 2.05) is 49.4 Å². The van der Waals surface area contributed by atoms with E-state index >= 15 is 0 Å². The Morgan fingerprint density at radius 3 is 2.72 bits per heavy atom. The molecule has 0 fully saturated rings. The van der Waals surface area contributed by atoms with E-state index in [0.717, 1.165) is 34.7 Å². The number of hydrogen-bond acceptors (Lipinski definition) is 5. The number of methoxy groups -OCH3 is 1. The van der Waals surface area contributed by atoms with Gasteiger partial charge in [0.05, 0.1) is 30.8 Å². The number of Topliss-reactive ketones (excluding diaryl/α,β-unsaturated/α-hetero) is 1. The van der Waals surface area contributed by atoms with Crippen LogP contribution >= 0.6 is 0 Å². The van der Waals surface area contributed by atoms with E-state index in [1.54, 1.807) is 14.0 Å². The van der Waals surface area contributed by atoms with E-state index < -0.39 is 0 Å². The summed E-state index contributed by atoms with van der Waals surface area (Å²) in [4.78, 5) is 17.4. The Labute approximate surface area is 170 Å². The Hall–Kier alpha value is -3.28. The first kappa shape index (κ1) is 19.1. The SMILES string of the molecule is CCCOc1ccc(C2C(C(C)=O)=C(C)Nc3nc4ccccc4n32)cc1OC. The van der Waals surface area contributed by atoms with Crippen molar-refractivity contribution in [2.45, 2.75) is 33.2 Å². The van der Waals surface area contributed by atoms with Crippen LogP contribution in [0.15, 0.2) is 53.7 Å². The first-order valence-electron chi connectivity index (χ1n) is 9.81. The van der Waals surface area contributed by atoms with Gasteiger partial charge in [-0.05, 0) is 50.1 Å². The van der Waals surface area contributed by atoms with Gasteiger partial charge in [0.1, 0.15) is 0 Å². The molecular weight excluding hydrogens is 366 g/mol. The summed E-state index contributed by atoms with van der Waals surface area (Å²) in [6.45, 7) is 6.21. The summed E-state index contributed by atoms with van der Waals surface area (Å²) >= 11 is 0. The molecule has 150 valence electrons. The van der Waals surface area contributed by atoms with Crippen molar-refractivity contribution in [1.29, 1.82) is 0 Å². The lowest BCUT2D eigenvalue weighted by Crippen LogP contribution is -2.27. The van der Waals surface area contributed by atoms with Crippen molar-refractivity contribution in [1.82, 2.24) is 9.55 Å². The van der Waals surface area contributed by atoms with Gasteiger partial charge in [0.15, 0.2) is 17.3 Å². The van der Waals surface area contributed by atoms with Crippen LogP contribution in [0.2, 0.25) is 0 Å². The Bertz CT molecular complexity index is 1110. The van der Waals surface area contributed by atoms with Gasteiger partial charge in [-0.15, -0.1) is 0 Å². The minimum absolute atomic E-state index is 0.0220. The van der Waals surface area contributed by atoms with E-state index in [4.69, 9.17) is 14.5 Å². The van der Waals surface area contributed by atoms with Crippen LogP contribution in [-0.2, 0) is 4.79 Å². The number of carbonyl (C=O) groups is 1. The standard InChI is InChI=1S/C23H25N3O3/c1-5-12-29-19-11-10-16(13-20(19)28-4)22-21(15(3)27)14(2)24-23-25-17-8-6-7-9-18(17)26(22)23/h6-11,13,22H,5,12H2,1-4H3,(H,24,25). The lowest BCUT2D eigenvalue weighted by atomic mass is 9.92. The van der Waals surface area contributed by atoms with Gasteiger partial charge in [-0.25, -0.2) is 4.98 Å². The number of fused-ring (bicyclic) bond motifs is 3. The number of carbonyl (C=O) groups excluding carboxylic acids is 1. The molecule has 0 bridgehead atoms. The fraction of sp³-hybridized carbons (Fsp3) is 0.304. The van der Waals surface area contributed by atoms with E-state index in [2.05, 4.69) is 16.8 Å². The van der Waals surface area contributed by atoms with Crippen LogP contribution in [0, 0.1) is 0 Å². The number of ether oxygens (including phenoxy) is 2. The summed E-state index contributed by atoms with van der Waals surface area (Å²) < 4.78 is 13.5. The molecule has 6 nitrogen and oxygen atoms in total. The van der Waals surface area contributed by atoms with E-state index in [-0.39, 0.29) is 11.8 Å². The molecule has 4 rings (SSSR count). The smallest absolute Gasteiger partial charge is 0.209 e. The Kier molecular flexibility index (Phi) is 5.01. The quantitative estimate of drug-likeness (QED) is 0.659. The number of hydrogen-bond donors (Lipinski definition) is 1. The Balaban J connectivity index is 1.92. The molecular formula is C23H25N3O3. The maximum Gasteiger partial charge on any atom is 0.209 e. The Morgan fingerprint density at radius 2 is 2.00 bits per heavy atom. The average molecular weight is 391 g/mol. The highest BCUT2D eigenvalue weighted by atomic mass is 16.5. The summed E-state index contributed by atoms with van der Waals surface area (Å²) in [6, 6.07) is 13.5. The highest BCUT2D eigenvalue weighted by Crippen LogP contribution is 2.41. The second-order valence-corrected chi connectivity index (χ2v) is 7.18. The molecule has 0 amide bonds. The number of nitrogens with one attached hydrogen (secondary N) is 1. The van der Waals surface area contributed by atoms with Crippen molar-refractivity contribution >= 4 is 22.8 Å². The minimum atomic E-state index is -0.301. The molecule has 1 atom stereocenters. The number of nitrogens with zero attached hydrogens (tertiary/aromatic N) is 2. The minimum Gasteiger partial charge on any atom is -0.493 e. The molecule has 0 saturated carbocycles. The van der Waals surface area contributed by atoms with Crippen LogP contribution < -0.4 is 14.8 Å². The molecule has 0 radical (unpaired) electrons. The predicted octanol–water partition coefficient (Wildman–Crippen LogP) is 4.71. The van der Waals surface area contributed by atoms with Crippen molar-refractivity contribution in [3.05, 3.63) is 59.3 Å². The van der Waals surface area contributed by atoms with E-state index in [0.29, 0.717) is 23.7 Å². The van der Waals surface area contributed by atoms with E-state index in [1.165, 1.54) is 0 Å². The van der Waals surface area contributed by atoms with Crippen LogP contribution in [0.1, 0.15) is 38.8 Å². The topological polar surface area (TPSA) is 65.4 Å². The average Bonchev–Trinajstić information content (AvgIpc) is 3.08. The van der Waals surface area contributed by atoms with Gasteiger partial charge in [0.25, 0.3) is 0 Å². The zero-order valence-corrected chi connectivity index (χ0v) is 17.2. The van der Waals surface area contributed by atoms with Crippen LogP contribution in [0.3, 0.4) is 0 Å². The molecule has 2 aromatic carbocycles. The molecule has 29 heavy (non-hydrogen) atoms. The third kappa shape index (κ3) is 3.24. The van der Waals surface area contributed by atoms with Crippen molar-refractivity contribution in [3.63, 3.8) is 0 Å². The zero-order valence-electron chi connectivity index (χ0n) is 17.2. The third-order valence-corrected chi connectivity index (χ3v) is 5.18. The predicted molar refractivity (Wildman–Crippen MR) is 114 cm³/mol. The number of para-hydroxylation sites is 2. The molecule has 1 unspecified atom stereocenters. The maximum absolute atomic E-state index is 12.6. The first-order valence-corrected chi connectivity index (χ1v) is 9.81. The summed E-state index contributed by atoms with van der Waals surface area (Å²) in [5, 5.41) is 3.30. The highest BCUT2D eigenvalue weighted by molar-refractivity contribution is 5.97. The van der Waals surface area contributed by atoms with Gasteiger partial charge in [-0.1, -0.05) is 25.1 Å². The van der Waals surface area contributed by atoms with Gasteiger partial charge >= 0.3 is 0 Å². The highest BCUT2D eigenvalue weighted by Gasteiger charge is 2.32. The van der Waals surface area contributed by atoms with Gasteiger partial charge in [0, 0.05) is 11.3 Å². The van der Waals surface area contributed by atoms with Crippen LogP contribution in [0.5, 0.6) is 11.5 Å². The molecule has 0 saturated heterocycles. The number of rotatable bonds is 6. The molecule has 2 heterocycles. The lowest BCUT2D eigenvalue weighted by molar-refractivity contribution is -0.114. The molecule has 1 aromatic heterocycles. The van der Waals surface area contributed by atoms with Gasteiger partial charge in [-0.2, -0.15) is 0 Å². The summed E-state index contributed by atoms with van der Waals surface area (Å²) in [5.74, 6) is 2.10. The van der Waals surface area contributed by atoms with Crippen LogP contribution in [-0.4, -0.2) is 29.1 Å². The van der Waals surface area contributed by atoms with Crippen LogP contribution in [0.4, 0.5) is 5.95 Å². The van der Waals surface area contributed by atoms with E-state index in [9.17, 15) is 4.79 Å². The van der Waals surface area contributed by atoms with Crippen LogP contribution in [0.25, 0.3) is 11.0 Å². The summed E-state index contributed by atoms with van der Waals surface area (Å²) in [7, 11) is 1.63. The number of aromatic nitrogens is 2. The normalized spacial score (nSPS) is 15.8. The Morgan fingerprint density at radius 1 is 1.21 bits per heavy atom. The fourth-order valence-electron chi connectivity index (χ4n) is 3.92. The first-order chi connectivity index (χ1) is 14.0. The molecule has 6 heteroatoms. The largest absolute Gasteiger partial charge is 0.493 e. The fourth-order valence-corrected chi connectivity index (χ4v) is 3.92.